The Labute approximate surface area is 155 Å². The van der Waals surface area contributed by atoms with Gasteiger partial charge in [-0.05, 0) is 67.6 Å². The number of carbonyl (C=O) groups is 1. The largest absolute Gasteiger partial charge is 0.350 e. The molecule has 1 heterocycles. The van der Waals surface area contributed by atoms with Gasteiger partial charge in [-0.3, -0.25) is 4.79 Å². The minimum absolute atomic E-state index is 0.212. The molecule has 6 heteroatoms. The number of halogens is 2. The summed E-state index contributed by atoms with van der Waals surface area (Å²) in [7, 11) is 0. The maximum Gasteiger partial charge on any atom is 0.272 e. The van der Waals surface area contributed by atoms with Crippen LogP contribution in [0, 0.1) is 11.6 Å². The van der Waals surface area contributed by atoms with Gasteiger partial charge in [-0.15, -0.1) is 0 Å². The van der Waals surface area contributed by atoms with E-state index in [2.05, 4.69) is 10.4 Å². The van der Waals surface area contributed by atoms with Gasteiger partial charge >= 0.3 is 0 Å². The number of hydrogen-bond acceptors (Lipinski definition) is 2. The van der Waals surface area contributed by atoms with Gasteiger partial charge in [-0.25, -0.2) is 13.5 Å². The van der Waals surface area contributed by atoms with Crippen molar-refractivity contribution in [1.29, 1.82) is 0 Å². The average Bonchev–Trinajstić information content (AvgIpc) is 3.27. The Hall–Kier alpha value is -3.02. The van der Waals surface area contributed by atoms with Crippen molar-refractivity contribution in [3.63, 3.8) is 0 Å². The highest BCUT2D eigenvalue weighted by Gasteiger charge is 2.26. The normalized spacial score (nSPS) is 12.8. The smallest absolute Gasteiger partial charge is 0.272 e. The van der Waals surface area contributed by atoms with E-state index >= 15 is 0 Å². The summed E-state index contributed by atoms with van der Waals surface area (Å²) in [6.45, 7) is 0.447. The lowest BCUT2D eigenvalue weighted by atomic mass is 10.1. The van der Waals surface area contributed by atoms with Crippen LogP contribution < -0.4 is 5.32 Å². The van der Waals surface area contributed by atoms with E-state index in [1.807, 2.05) is 0 Å². The molecule has 2 aromatic carbocycles. The van der Waals surface area contributed by atoms with E-state index in [1.54, 1.807) is 28.9 Å². The van der Waals surface area contributed by atoms with Gasteiger partial charge in [0.1, 0.15) is 11.6 Å². The number of benzene rings is 2. The third kappa shape index (κ3) is 3.60. The maximum atomic E-state index is 13.2. The minimum atomic E-state index is -0.304. The molecule has 0 unspecified atom stereocenters. The van der Waals surface area contributed by atoms with Gasteiger partial charge in [0.05, 0.1) is 5.69 Å². The molecule has 0 spiro atoms. The summed E-state index contributed by atoms with van der Waals surface area (Å²) in [6, 6.07) is 12.4. The number of amides is 1. The van der Waals surface area contributed by atoms with Crippen LogP contribution in [-0.4, -0.2) is 22.2 Å². The van der Waals surface area contributed by atoms with Crippen molar-refractivity contribution in [2.24, 2.45) is 0 Å². The zero-order chi connectivity index (χ0) is 18.8. The molecule has 1 N–H and O–H groups in total. The molecule has 0 fully saturated rings. The Balaban J connectivity index is 1.49. The van der Waals surface area contributed by atoms with E-state index in [0.717, 1.165) is 41.8 Å². The lowest BCUT2D eigenvalue weighted by Crippen LogP contribution is -2.27. The quantitative estimate of drug-likeness (QED) is 0.749. The van der Waals surface area contributed by atoms with Crippen molar-refractivity contribution < 1.29 is 13.6 Å². The Bertz CT molecular complexity index is 962. The fourth-order valence-electron chi connectivity index (χ4n) is 3.47. The Morgan fingerprint density at radius 1 is 1.00 bits per heavy atom. The van der Waals surface area contributed by atoms with Crippen LogP contribution in [0.15, 0.2) is 48.5 Å². The van der Waals surface area contributed by atoms with Crippen LogP contribution >= 0.6 is 0 Å². The third-order valence-electron chi connectivity index (χ3n) is 4.83. The van der Waals surface area contributed by atoms with Crippen LogP contribution in [0.2, 0.25) is 0 Å². The molecule has 4 rings (SSSR count). The SMILES string of the molecule is O=C(NCCc1ccc(F)cc1)c1nn(-c2ccc(F)cc2)c2c1CCC2. The van der Waals surface area contributed by atoms with Crippen LogP contribution in [0.4, 0.5) is 8.78 Å². The van der Waals surface area contributed by atoms with E-state index in [9.17, 15) is 13.6 Å². The highest BCUT2D eigenvalue weighted by molar-refractivity contribution is 5.94. The van der Waals surface area contributed by atoms with Gasteiger partial charge in [-0.1, -0.05) is 12.1 Å². The van der Waals surface area contributed by atoms with E-state index in [0.29, 0.717) is 18.7 Å². The molecule has 3 aromatic rings. The predicted octanol–water partition coefficient (Wildman–Crippen LogP) is 3.61. The summed E-state index contributed by atoms with van der Waals surface area (Å²) in [4.78, 5) is 12.6. The molecular formula is C21H19F2N3O. The standard InChI is InChI=1S/C21H19F2N3O/c22-15-6-4-14(5-7-15)12-13-24-21(27)20-18-2-1-3-19(18)26(25-20)17-10-8-16(23)9-11-17/h4-11H,1-3,12-13H2,(H,24,27). The maximum absolute atomic E-state index is 13.2. The Morgan fingerprint density at radius 2 is 1.67 bits per heavy atom. The van der Waals surface area contributed by atoms with Gasteiger partial charge in [0.15, 0.2) is 5.69 Å². The number of nitrogens with zero attached hydrogens (tertiary/aromatic N) is 2. The molecule has 0 atom stereocenters. The van der Waals surface area contributed by atoms with Crippen LogP contribution in [0.25, 0.3) is 5.69 Å². The van der Waals surface area contributed by atoms with E-state index < -0.39 is 0 Å². The van der Waals surface area contributed by atoms with Crippen LogP contribution in [0.5, 0.6) is 0 Å². The average molecular weight is 367 g/mol. The molecule has 1 aliphatic carbocycles. The highest BCUT2D eigenvalue weighted by Crippen LogP contribution is 2.27. The first-order chi connectivity index (χ1) is 13.1. The first kappa shape index (κ1) is 17.4. The number of nitrogens with one attached hydrogen (secondary N) is 1. The molecule has 0 aliphatic heterocycles. The van der Waals surface area contributed by atoms with Gasteiger partial charge in [0.25, 0.3) is 5.91 Å². The van der Waals surface area contributed by atoms with Crippen LogP contribution in [0.1, 0.15) is 33.7 Å². The molecule has 27 heavy (non-hydrogen) atoms. The summed E-state index contributed by atoms with van der Waals surface area (Å²) < 4.78 is 27.9. The van der Waals surface area contributed by atoms with Crippen molar-refractivity contribution in [2.75, 3.05) is 6.54 Å². The highest BCUT2D eigenvalue weighted by atomic mass is 19.1. The summed E-state index contributed by atoms with van der Waals surface area (Å²) in [5, 5.41) is 7.40. The number of hydrogen-bond donors (Lipinski definition) is 1. The fraction of sp³-hybridized carbons (Fsp3) is 0.238. The number of rotatable bonds is 5. The predicted molar refractivity (Wildman–Crippen MR) is 98.0 cm³/mol. The van der Waals surface area contributed by atoms with E-state index in [1.165, 1.54) is 24.3 Å². The number of fused-ring (bicyclic) bond motifs is 1. The van der Waals surface area contributed by atoms with Crippen molar-refractivity contribution in [1.82, 2.24) is 15.1 Å². The number of carbonyl (C=O) groups excluding carboxylic acids is 1. The minimum Gasteiger partial charge on any atom is -0.350 e. The topological polar surface area (TPSA) is 46.9 Å². The van der Waals surface area contributed by atoms with Crippen molar-refractivity contribution >= 4 is 5.91 Å². The van der Waals surface area contributed by atoms with Gasteiger partial charge in [0.2, 0.25) is 0 Å². The van der Waals surface area contributed by atoms with Gasteiger partial charge < -0.3 is 5.32 Å². The molecule has 0 bridgehead atoms. The Morgan fingerprint density at radius 3 is 2.37 bits per heavy atom. The second-order valence-corrected chi connectivity index (χ2v) is 6.65. The molecular weight excluding hydrogens is 348 g/mol. The molecule has 1 aliphatic rings. The first-order valence-corrected chi connectivity index (χ1v) is 9.01. The summed E-state index contributed by atoms with van der Waals surface area (Å²) >= 11 is 0. The number of aromatic nitrogens is 2. The van der Waals surface area contributed by atoms with E-state index in [4.69, 9.17) is 0 Å². The van der Waals surface area contributed by atoms with Crippen LogP contribution in [-0.2, 0) is 19.3 Å². The second-order valence-electron chi connectivity index (χ2n) is 6.65. The van der Waals surface area contributed by atoms with Crippen molar-refractivity contribution in [3.05, 3.63) is 82.7 Å². The Kier molecular flexibility index (Phi) is 4.71. The lowest BCUT2D eigenvalue weighted by molar-refractivity contribution is 0.0948. The van der Waals surface area contributed by atoms with Crippen LogP contribution in [0.3, 0.4) is 0 Å². The third-order valence-corrected chi connectivity index (χ3v) is 4.83. The fourth-order valence-corrected chi connectivity index (χ4v) is 3.47. The zero-order valence-electron chi connectivity index (χ0n) is 14.7. The van der Waals surface area contributed by atoms with E-state index in [-0.39, 0.29) is 17.5 Å². The van der Waals surface area contributed by atoms with Crippen molar-refractivity contribution in [3.8, 4) is 5.69 Å². The first-order valence-electron chi connectivity index (χ1n) is 9.01. The van der Waals surface area contributed by atoms with Gasteiger partial charge in [0, 0.05) is 17.8 Å². The summed E-state index contributed by atoms with van der Waals surface area (Å²) in [5.41, 5.74) is 4.13. The molecule has 0 saturated carbocycles. The summed E-state index contributed by atoms with van der Waals surface area (Å²) in [6.07, 6.45) is 3.26. The van der Waals surface area contributed by atoms with Crippen molar-refractivity contribution in [2.45, 2.75) is 25.7 Å². The molecule has 1 amide bonds. The molecule has 0 saturated heterocycles. The molecule has 138 valence electrons. The molecule has 1 aromatic heterocycles. The second kappa shape index (κ2) is 7.31. The lowest BCUT2D eigenvalue weighted by Gasteiger charge is -2.06. The zero-order valence-corrected chi connectivity index (χ0v) is 14.7. The van der Waals surface area contributed by atoms with Gasteiger partial charge in [-0.2, -0.15) is 5.10 Å². The molecule has 0 radical (unpaired) electrons. The monoisotopic (exact) mass is 367 g/mol. The summed E-state index contributed by atoms with van der Waals surface area (Å²) in [5.74, 6) is -0.790. The molecule has 4 nitrogen and oxygen atoms in total.